The van der Waals surface area contributed by atoms with E-state index >= 15 is 0 Å². The van der Waals surface area contributed by atoms with Crippen molar-refractivity contribution in [3.8, 4) is 51.7 Å². The maximum Gasteiger partial charge on any atom is 0.135 e. The van der Waals surface area contributed by atoms with Gasteiger partial charge in [-0.1, -0.05) is 36.4 Å². The highest BCUT2D eigenvalue weighted by Crippen LogP contribution is 2.71. The van der Waals surface area contributed by atoms with Crippen molar-refractivity contribution in [3.63, 3.8) is 0 Å². The lowest BCUT2D eigenvalue weighted by molar-refractivity contribution is 0.221. The van der Waals surface area contributed by atoms with Crippen LogP contribution in [0.25, 0.3) is 0 Å². The predicted molar refractivity (Wildman–Crippen MR) is 186 cm³/mol. The van der Waals surface area contributed by atoms with Crippen LogP contribution in [0.2, 0.25) is 0 Å². The van der Waals surface area contributed by atoms with Crippen LogP contribution in [0.4, 0.5) is 0 Å². The van der Waals surface area contributed by atoms with E-state index in [4.69, 9.17) is 4.74 Å². The minimum absolute atomic E-state index is 0.0283. The molecule has 6 unspecified atom stereocenters. The molecule has 51 heavy (non-hydrogen) atoms. The number of hydrogen-bond donors (Lipinski definition) is 8. The van der Waals surface area contributed by atoms with Crippen LogP contribution in [-0.2, 0) is 0 Å². The van der Waals surface area contributed by atoms with E-state index in [-0.39, 0.29) is 57.8 Å². The summed E-state index contributed by atoms with van der Waals surface area (Å²) in [5.41, 5.74) is 6.00. The molecule has 3 aliphatic rings. The van der Waals surface area contributed by atoms with E-state index in [1.807, 2.05) is 6.07 Å². The van der Waals surface area contributed by atoms with Gasteiger partial charge in [0.2, 0.25) is 0 Å². The van der Waals surface area contributed by atoms with Crippen molar-refractivity contribution in [2.24, 2.45) is 0 Å². The summed E-state index contributed by atoms with van der Waals surface area (Å²) in [5, 5.41) is 86.5. The third-order valence-corrected chi connectivity index (χ3v) is 10.9. The summed E-state index contributed by atoms with van der Waals surface area (Å²) in [6, 6.07) is 29.3. The van der Waals surface area contributed by atoms with E-state index in [1.165, 1.54) is 24.3 Å². The Labute approximate surface area is 291 Å². The summed E-state index contributed by atoms with van der Waals surface area (Å²) in [6.45, 7) is 0. The van der Waals surface area contributed by atoms with Gasteiger partial charge in [-0.15, -0.1) is 0 Å². The normalized spacial score (nSPS) is 22.5. The molecule has 0 fully saturated rings. The average Bonchev–Trinajstić information content (AvgIpc) is 3.74. The fourth-order valence-electron chi connectivity index (χ4n) is 9.01. The molecule has 9 rings (SSSR count). The van der Waals surface area contributed by atoms with E-state index in [1.54, 1.807) is 78.9 Å². The maximum atomic E-state index is 12.7. The van der Waals surface area contributed by atoms with Crippen molar-refractivity contribution >= 4 is 0 Å². The highest BCUT2D eigenvalue weighted by molar-refractivity contribution is 5.72. The van der Waals surface area contributed by atoms with Crippen LogP contribution >= 0.6 is 0 Å². The molecular weight excluding hydrogens is 648 g/mol. The molecule has 2 aliphatic carbocycles. The van der Waals surface area contributed by atoms with Gasteiger partial charge in [0.05, 0.1) is 5.92 Å². The molecule has 0 saturated heterocycles. The molecule has 0 aromatic heterocycles. The summed E-state index contributed by atoms with van der Waals surface area (Å²) < 4.78 is 6.71. The van der Waals surface area contributed by atoms with Gasteiger partial charge in [-0.2, -0.15) is 0 Å². The van der Waals surface area contributed by atoms with Crippen molar-refractivity contribution in [1.29, 1.82) is 0 Å². The zero-order valence-corrected chi connectivity index (χ0v) is 26.8. The fourth-order valence-corrected chi connectivity index (χ4v) is 9.01. The summed E-state index contributed by atoms with van der Waals surface area (Å²) in [4.78, 5) is 0. The second-order valence-corrected chi connectivity index (χ2v) is 13.7. The topological polar surface area (TPSA) is 171 Å². The number of phenols is 8. The van der Waals surface area contributed by atoms with E-state index in [2.05, 4.69) is 0 Å². The van der Waals surface area contributed by atoms with Crippen LogP contribution in [0.3, 0.4) is 0 Å². The Morgan fingerprint density at radius 3 is 1.39 bits per heavy atom. The third-order valence-electron chi connectivity index (χ3n) is 10.9. The molecule has 254 valence electrons. The minimum Gasteiger partial charge on any atom is -0.508 e. The first-order chi connectivity index (χ1) is 24.6. The smallest absolute Gasteiger partial charge is 0.135 e. The first kappa shape index (κ1) is 30.6. The SMILES string of the molecule is Oc1ccc(C2Oc3cc4c(c(O)c3C2c2cc(O)cc(O)c2)C(c2ccc(O)cc2)C2c3cc(O)cc(O)c3C(c3ccc(O)cc3)C42)cc1. The summed E-state index contributed by atoms with van der Waals surface area (Å²) in [7, 11) is 0. The molecule has 0 radical (unpaired) electrons. The molecule has 9 heteroatoms. The Morgan fingerprint density at radius 1 is 0.373 bits per heavy atom. The Balaban J connectivity index is 1.33. The van der Waals surface area contributed by atoms with Crippen LogP contribution in [0.5, 0.6) is 51.7 Å². The van der Waals surface area contributed by atoms with E-state index in [0.29, 0.717) is 39.1 Å². The molecule has 1 heterocycles. The Kier molecular flexibility index (Phi) is 6.60. The van der Waals surface area contributed by atoms with E-state index in [9.17, 15) is 40.9 Å². The first-order valence-electron chi connectivity index (χ1n) is 16.6. The third kappa shape index (κ3) is 4.61. The monoisotopic (exact) mass is 680 g/mol. The number of ether oxygens (including phenoxy) is 1. The molecule has 0 spiro atoms. The van der Waals surface area contributed by atoms with Gasteiger partial charge in [0.25, 0.3) is 0 Å². The summed E-state index contributed by atoms with van der Waals surface area (Å²) in [6.07, 6.45) is -0.715. The summed E-state index contributed by atoms with van der Waals surface area (Å²) in [5.74, 6) is -2.30. The molecule has 1 aliphatic heterocycles. The fraction of sp³-hybridized carbons (Fsp3) is 0.143. The largest absolute Gasteiger partial charge is 0.508 e. The number of rotatable bonds is 4. The highest BCUT2D eigenvalue weighted by atomic mass is 16.5. The molecule has 9 nitrogen and oxygen atoms in total. The van der Waals surface area contributed by atoms with Crippen LogP contribution < -0.4 is 4.74 Å². The minimum atomic E-state index is -0.715. The quantitative estimate of drug-likeness (QED) is 0.0927. The second kappa shape index (κ2) is 11.0. The van der Waals surface area contributed by atoms with Gasteiger partial charge < -0.3 is 45.6 Å². The van der Waals surface area contributed by atoms with Gasteiger partial charge >= 0.3 is 0 Å². The number of benzene rings is 6. The van der Waals surface area contributed by atoms with Crippen LogP contribution in [0, 0.1) is 0 Å². The van der Waals surface area contributed by atoms with Crippen LogP contribution in [-0.4, -0.2) is 40.9 Å². The molecule has 0 amide bonds. The Bertz CT molecular complexity index is 2330. The summed E-state index contributed by atoms with van der Waals surface area (Å²) >= 11 is 0. The zero-order valence-electron chi connectivity index (χ0n) is 26.8. The van der Waals surface area contributed by atoms with E-state index in [0.717, 1.165) is 16.7 Å². The van der Waals surface area contributed by atoms with Gasteiger partial charge in [-0.05, 0) is 94.0 Å². The van der Waals surface area contributed by atoms with Gasteiger partial charge in [0.15, 0.2) is 0 Å². The van der Waals surface area contributed by atoms with Crippen molar-refractivity contribution in [3.05, 3.63) is 159 Å². The molecule has 0 bridgehead atoms. The lowest BCUT2D eigenvalue weighted by atomic mass is 9.79. The van der Waals surface area contributed by atoms with Crippen molar-refractivity contribution < 1.29 is 45.6 Å². The van der Waals surface area contributed by atoms with E-state index < -0.39 is 23.9 Å². The first-order valence-corrected chi connectivity index (χ1v) is 16.6. The number of phenolic OH excluding ortho intramolecular Hbond substituents is 8. The molecule has 6 aromatic rings. The van der Waals surface area contributed by atoms with Crippen molar-refractivity contribution in [1.82, 2.24) is 0 Å². The van der Waals surface area contributed by atoms with Gasteiger partial charge in [-0.25, -0.2) is 0 Å². The van der Waals surface area contributed by atoms with Gasteiger partial charge in [0, 0.05) is 52.5 Å². The maximum absolute atomic E-state index is 12.7. The van der Waals surface area contributed by atoms with Crippen LogP contribution in [0.15, 0.2) is 109 Å². The number of fused-ring (bicyclic) bond motifs is 6. The van der Waals surface area contributed by atoms with Crippen molar-refractivity contribution in [2.45, 2.75) is 35.7 Å². The second-order valence-electron chi connectivity index (χ2n) is 13.7. The van der Waals surface area contributed by atoms with Gasteiger partial charge in [0.1, 0.15) is 57.8 Å². The average molecular weight is 681 g/mol. The molecule has 6 aromatic carbocycles. The molecule has 0 saturated carbocycles. The lowest BCUT2D eigenvalue weighted by Crippen LogP contribution is -2.12. The van der Waals surface area contributed by atoms with Gasteiger partial charge in [-0.3, -0.25) is 0 Å². The van der Waals surface area contributed by atoms with Crippen molar-refractivity contribution in [2.75, 3.05) is 0 Å². The highest BCUT2D eigenvalue weighted by Gasteiger charge is 2.56. The Hall–Kier alpha value is -6.48. The zero-order chi connectivity index (χ0) is 35.3. The number of hydrogen-bond acceptors (Lipinski definition) is 9. The molecular formula is C42H32O9. The van der Waals surface area contributed by atoms with Crippen LogP contribution in [0.1, 0.15) is 85.8 Å². The Morgan fingerprint density at radius 2 is 0.843 bits per heavy atom. The lowest BCUT2D eigenvalue weighted by Gasteiger charge is -2.24. The molecule has 8 N–H and O–H groups in total. The molecule has 6 atom stereocenters. The number of aromatic hydroxyl groups is 8. The predicted octanol–water partition coefficient (Wildman–Crippen LogP) is 7.76. The standard InChI is InChI=1S/C42H32O9/c43-23-7-1-19(2-8-23)33-36-29(16-28(48)17-31(36)49)37-34(20-3-9-24(44)10-4-20)39-30(38(33)37)18-32-40(41(39)50)35(22-13-26(46)15-27(47)14-22)42(51-32)21-5-11-25(45)12-6-21/h1-18,33-35,37-38,42-50H.